The normalized spacial score (nSPS) is 17.5. The van der Waals surface area contributed by atoms with Gasteiger partial charge in [0.05, 0.1) is 24.8 Å². The summed E-state index contributed by atoms with van der Waals surface area (Å²) in [5.41, 5.74) is 0.835. The number of nitrogens with zero attached hydrogens (tertiary/aromatic N) is 2. The molecule has 1 aliphatic heterocycles. The topological polar surface area (TPSA) is 79.3 Å². The van der Waals surface area contributed by atoms with Crippen molar-refractivity contribution in [3.05, 3.63) is 65.0 Å². The van der Waals surface area contributed by atoms with Crippen LogP contribution in [0.15, 0.2) is 48.0 Å². The highest BCUT2D eigenvalue weighted by Crippen LogP contribution is 2.42. The number of hydrogen-bond acceptors (Lipinski definition) is 6. The highest BCUT2D eigenvalue weighted by atomic mass is 19.1. The van der Waals surface area contributed by atoms with Crippen LogP contribution in [0.5, 0.6) is 11.5 Å². The average molecular weight is 471 g/mol. The van der Waals surface area contributed by atoms with Crippen molar-refractivity contribution in [2.24, 2.45) is 0 Å². The van der Waals surface area contributed by atoms with Crippen molar-refractivity contribution < 1.29 is 28.6 Å². The van der Waals surface area contributed by atoms with Crippen LogP contribution < -0.4 is 9.47 Å². The van der Waals surface area contributed by atoms with Crippen molar-refractivity contribution in [3.63, 3.8) is 0 Å². The van der Waals surface area contributed by atoms with Crippen molar-refractivity contribution >= 4 is 17.4 Å². The number of ketones is 1. The lowest BCUT2D eigenvalue weighted by atomic mass is 9.95. The molecule has 182 valence electrons. The lowest BCUT2D eigenvalue weighted by molar-refractivity contribution is -0.139. The summed E-state index contributed by atoms with van der Waals surface area (Å²) >= 11 is 0. The molecular weight excluding hydrogens is 439 g/mol. The van der Waals surface area contributed by atoms with Crippen LogP contribution in [0.25, 0.3) is 5.76 Å². The SMILES string of the molecule is CCOc1ccc(C2/C(=C(\O)c3ccc(F)cc3)C(=O)C(=O)N2CCCN(C)C)cc1OCC. The molecular formula is C26H31FN2O5. The summed E-state index contributed by atoms with van der Waals surface area (Å²) in [6.07, 6.45) is 0.641. The molecule has 1 saturated heterocycles. The zero-order chi connectivity index (χ0) is 24.8. The number of benzene rings is 2. The van der Waals surface area contributed by atoms with E-state index in [1.165, 1.54) is 29.2 Å². The molecule has 34 heavy (non-hydrogen) atoms. The molecule has 1 atom stereocenters. The Morgan fingerprint density at radius 1 is 1.03 bits per heavy atom. The molecule has 1 N–H and O–H groups in total. The molecule has 0 aliphatic carbocycles. The van der Waals surface area contributed by atoms with E-state index in [1.54, 1.807) is 18.2 Å². The maximum Gasteiger partial charge on any atom is 0.295 e. The van der Waals surface area contributed by atoms with E-state index in [1.807, 2.05) is 32.8 Å². The number of aliphatic hydroxyl groups excluding tert-OH is 1. The van der Waals surface area contributed by atoms with Crippen LogP contribution in [0.4, 0.5) is 4.39 Å². The summed E-state index contributed by atoms with van der Waals surface area (Å²) in [6.45, 7) is 5.62. The lowest BCUT2D eigenvalue weighted by Gasteiger charge is -2.26. The van der Waals surface area contributed by atoms with E-state index >= 15 is 0 Å². The van der Waals surface area contributed by atoms with E-state index in [-0.39, 0.29) is 16.9 Å². The summed E-state index contributed by atoms with van der Waals surface area (Å²) in [6, 6.07) is 9.57. The monoisotopic (exact) mass is 470 g/mol. The lowest BCUT2D eigenvalue weighted by Crippen LogP contribution is -2.32. The minimum atomic E-state index is -0.818. The maximum atomic E-state index is 13.4. The van der Waals surface area contributed by atoms with Crippen LogP contribution in [0.1, 0.15) is 37.4 Å². The van der Waals surface area contributed by atoms with Crippen LogP contribution in [0.2, 0.25) is 0 Å². The summed E-state index contributed by atoms with van der Waals surface area (Å²) < 4.78 is 24.8. The Labute approximate surface area is 199 Å². The number of rotatable bonds is 10. The van der Waals surface area contributed by atoms with Gasteiger partial charge in [-0.25, -0.2) is 4.39 Å². The molecule has 7 nitrogen and oxygen atoms in total. The Balaban J connectivity index is 2.13. The van der Waals surface area contributed by atoms with E-state index < -0.39 is 23.5 Å². The zero-order valence-corrected chi connectivity index (χ0v) is 20.0. The third kappa shape index (κ3) is 5.39. The standard InChI is InChI=1S/C26H31FN2O5/c1-5-33-20-13-10-18(16-21(20)34-6-2)23-22(24(30)17-8-11-19(27)12-9-17)25(31)26(32)29(23)15-7-14-28(3)4/h8-13,16,23,30H,5-7,14-15H2,1-4H3/b24-22+. The summed E-state index contributed by atoms with van der Waals surface area (Å²) in [7, 11) is 3.86. The minimum absolute atomic E-state index is 0.0342. The molecule has 0 saturated carbocycles. The van der Waals surface area contributed by atoms with Crippen molar-refractivity contribution in [2.75, 3.05) is 40.4 Å². The maximum absolute atomic E-state index is 13.4. The quantitative estimate of drug-likeness (QED) is 0.321. The first kappa shape index (κ1) is 25.2. The first-order valence-corrected chi connectivity index (χ1v) is 11.4. The second kappa shape index (κ2) is 11.2. The molecule has 1 fully saturated rings. The molecule has 3 rings (SSSR count). The third-order valence-electron chi connectivity index (χ3n) is 5.55. The van der Waals surface area contributed by atoms with Crippen LogP contribution in [-0.2, 0) is 9.59 Å². The second-order valence-corrected chi connectivity index (χ2v) is 8.23. The number of ether oxygens (including phenoxy) is 2. The van der Waals surface area contributed by atoms with Gasteiger partial charge < -0.3 is 24.4 Å². The Kier molecular flexibility index (Phi) is 8.28. The molecule has 8 heteroatoms. The molecule has 0 bridgehead atoms. The molecule has 2 aromatic carbocycles. The zero-order valence-electron chi connectivity index (χ0n) is 20.0. The fourth-order valence-electron chi connectivity index (χ4n) is 4.02. The van der Waals surface area contributed by atoms with Crippen LogP contribution in [0, 0.1) is 5.82 Å². The van der Waals surface area contributed by atoms with Crippen molar-refractivity contribution in [1.82, 2.24) is 9.80 Å². The van der Waals surface area contributed by atoms with Gasteiger partial charge in [-0.15, -0.1) is 0 Å². The van der Waals surface area contributed by atoms with Gasteiger partial charge in [-0.05, 0) is 82.9 Å². The van der Waals surface area contributed by atoms with E-state index in [4.69, 9.17) is 9.47 Å². The Morgan fingerprint density at radius 3 is 2.29 bits per heavy atom. The van der Waals surface area contributed by atoms with Gasteiger partial charge in [-0.2, -0.15) is 0 Å². The predicted octanol–water partition coefficient (Wildman–Crippen LogP) is 4.00. The third-order valence-corrected chi connectivity index (χ3v) is 5.55. The number of halogens is 1. The summed E-state index contributed by atoms with van der Waals surface area (Å²) in [5.74, 6) is -1.23. The van der Waals surface area contributed by atoms with Gasteiger partial charge in [0, 0.05) is 12.1 Å². The van der Waals surface area contributed by atoms with Crippen LogP contribution in [0.3, 0.4) is 0 Å². The first-order valence-electron chi connectivity index (χ1n) is 11.4. The van der Waals surface area contributed by atoms with Gasteiger partial charge in [0.1, 0.15) is 11.6 Å². The van der Waals surface area contributed by atoms with E-state index in [0.29, 0.717) is 43.2 Å². The number of amides is 1. The molecule has 1 unspecified atom stereocenters. The van der Waals surface area contributed by atoms with E-state index in [0.717, 1.165) is 6.54 Å². The largest absolute Gasteiger partial charge is 0.507 e. The number of hydrogen-bond donors (Lipinski definition) is 1. The van der Waals surface area contributed by atoms with E-state index in [2.05, 4.69) is 0 Å². The molecule has 0 spiro atoms. The van der Waals surface area contributed by atoms with Gasteiger partial charge >= 0.3 is 0 Å². The highest BCUT2D eigenvalue weighted by molar-refractivity contribution is 6.46. The van der Waals surface area contributed by atoms with Gasteiger partial charge in [-0.1, -0.05) is 6.07 Å². The highest BCUT2D eigenvalue weighted by Gasteiger charge is 2.46. The van der Waals surface area contributed by atoms with Gasteiger partial charge in [0.2, 0.25) is 0 Å². The molecule has 1 amide bonds. The fourth-order valence-corrected chi connectivity index (χ4v) is 4.02. The van der Waals surface area contributed by atoms with Crippen molar-refractivity contribution in [3.8, 4) is 11.5 Å². The average Bonchev–Trinajstić information content (AvgIpc) is 3.05. The number of carbonyl (C=O) groups excluding carboxylic acids is 2. The first-order chi connectivity index (χ1) is 16.3. The Hall–Kier alpha value is -3.39. The minimum Gasteiger partial charge on any atom is -0.507 e. The van der Waals surface area contributed by atoms with Crippen molar-refractivity contribution in [2.45, 2.75) is 26.3 Å². The Bertz CT molecular complexity index is 1070. The van der Waals surface area contributed by atoms with Gasteiger partial charge in [-0.3, -0.25) is 9.59 Å². The number of likely N-dealkylation sites (tertiary alicyclic amines) is 1. The summed E-state index contributed by atoms with van der Waals surface area (Å²) in [4.78, 5) is 29.6. The van der Waals surface area contributed by atoms with Gasteiger partial charge in [0.15, 0.2) is 11.5 Å². The summed E-state index contributed by atoms with van der Waals surface area (Å²) in [5, 5.41) is 11.1. The van der Waals surface area contributed by atoms with Crippen molar-refractivity contribution in [1.29, 1.82) is 0 Å². The van der Waals surface area contributed by atoms with Crippen LogP contribution in [-0.4, -0.2) is 67.0 Å². The molecule has 1 heterocycles. The number of Topliss-reactive ketones (excluding diaryl/α,β-unsaturated/α-hetero) is 1. The smallest absolute Gasteiger partial charge is 0.295 e. The predicted molar refractivity (Wildman–Crippen MR) is 127 cm³/mol. The Morgan fingerprint density at radius 2 is 1.68 bits per heavy atom. The fraction of sp³-hybridized carbons (Fsp3) is 0.385. The number of carbonyl (C=O) groups is 2. The molecule has 1 aliphatic rings. The molecule has 0 aromatic heterocycles. The van der Waals surface area contributed by atoms with Gasteiger partial charge in [0.25, 0.3) is 11.7 Å². The molecule has 0 radical (unpaired) electrons. The molecule has 2 aromatic rings. The van der Waals surface area contributed by atoms with E-state index in [9.17, 15) is 19.1 Å². The number of aliphatic hydroxyl groups is 1. The second-order valence-electron chi connectivity index (χ2n) is 8.23. The van der Waals surface area contributed by atoms with Crippen LogP contribution >= 0.6 is 0 Å².